The number of rotatable bonds is 4. The van der Waals surface area contributed by atoms with Gasteiger partial charge in [0.2, 0.25) is 5.89 Å². The Labute approximate surface area is 149 Å². The Hall–Kier alpha value is -1.82. The summed E-state index contributed by atoms with van der Waals surface area (Å²) in [5.74, 6) is 2.46. The largest absolute Gasteiger partial charge is 0.419 e. The molecule has 2 aromatic heterocycles. The number of likely N-dealkylation sites (tertiary alicyclic amines) is 1. The first-order valence-corrected chi connectivity index (χ1v) is 9.63. The maximum Gasteiger partial charge on any atom is 0.267 e. The molecule has 1 saturated carbocycles. The number of aryl methyl sites for hydroxylation is 1. The minimum atomic E-state index is 0.344. The van der Waals surface area contributed by atoms with E-state index in [0.717, 1.165) is 30.5 Å². The first-order chi connectivity index (χ1) is 12.3. The molecule has 1 aliphatic carbocycles. The van der Waals surface area contributed by atoms with E-state index >= 15 is 0 Å². The van der Waals surface area contributed by atoms with Crippen LogP contribution in [0.1, 0.15) is 62.4 Å². The van der Waals surface area contributed by atoms with E-state index in [1.807, 2.05) is 6.92 Å². The van der Waals surface area contributed by atoms with E-state index in [1.165, 1.54) is 51.6 Å². The van der Waals surface area contributed by atoms with Gasteiger partial charge in [0.1, 0.15) is 5.69 Å². The van der Waals surface area contributed by atoms with Gasteiger partial charge in [0, 0.05) is 19.3 Å². The van der Waals surface area contributed by atoms with E-state index in [9.17, 15) is 0 Å². The van der Waals surface area contributed by atoms with Crippen molar-refractivity contribution in [1.29, 1.82) is 0 Å². The zero-order valence-electron chi connectivity index (χ0n) is 15.0. The van der Waals surface area contributed by atoms with Gasteiger partial charge < -0.3 is 9.32 Å². The molecule has 0 bridgehead atoms. The van der Waals surface area contributed by atoms with Crippen molar-refractivity contribution in [2.75, 3.05) is 19.6 Å². The van der Waals surface area contributed by atoms with E-state index < -0.39 is 0 Å². The van der Waals surface area contributed by atoms with Crippen LogP contribution in [0.2, 0.25) is 0 Å². The second-order valence-electron chi connectivity index (χ2n) is 7.59. The van der Waals surface area contributed by atoms with Crippen molar-refractivity contribution < 1.29 is 4.42 Å². The smallest absolute Gasteiger partial charge is 0.267 e. The fourth-order valence-corrected chi connectivity index (χ4v) is 4.16. The lowest BCUT2D eigenvalue weighted by Gasteiger charge is -2.34. The molecule has 2 aromatic rings. The zero-order valence-corrected chi connectivity index (χ0v) is 15.0. The van der Waals surface area contributed by atoms with Gasteiger partial charge in [-0.2, -0.15) is 0 Å². The molecule has 2 fully saturated rings. The van der Waals surface area contributed by atoms with Gasteiger partial charge in [-0.25, -0.2) is 4.98 Å². The molecule has 1 unspecified atom stereocenters. The summed E-state index contributed by atoms with van der Waals surface area (Å²) in [6.07, 6.45) is 12.8. The monoisotopic (exact) mass is 341 g/mol. The normalized spacial score (nSPS) is 23.0. The van der Waals surface area contributed by atoms with Crippen molar-refractivity contribution in [3.8, 4) is 11.6 Å². The van der Waals surface area contributed by atoms with Crippen molar-refractivity contribution in [1.82, 2.24) is 25.1 Å². The molecule has 25 heavy (non-hydrogen) atoms. The molecule has 0 amide bonds. The topological polar surface area (TPSA) is 67.9 Å². The Bertz CT molecular complexity index is 677. The Balaban J connectivity index is 1.40. The summed E-state index contributed by atoms with van der Waals surface area (Å²) in [6, 6.07) is 0. The third kappa shape index (κ3) is 4.06. The molecule has 6 nitrogen and oxygen atoms in total. The number of nitrogens with zero attached hydrogens (tertiary/aromatic N) is 5. The van der Waals surface area contributed by atoms with Gasteiger partial charge in [-0.15, -0.1) is 10.2 Å². The number of hydrogen-bond acceptors (Lipinski definition) is 6. The number of hydrogen-bond donors (Lipinski definition) is 0. The van der Waals surface area contributed by atoms with Crippen molar-refractivity contribution >= 4 is 0 Å². The van der Waals surface area contributed by atoms with Crippen LogP contribution in [-0.4, -0.2) is 44.7 Å². The molecular formula is C19H27N5O. The third-order valence-electron chi connectivity index (χ3n) is 5.54. The summed E-state index contributed by atoms with van der Waals surface area (Å²) in [5.41, 5.74) is 1.54. The van der Waals surface area contributed by atoms with Crippen molar-refractivity contribution in [3.05, 3.63) is 24.0 Å². The molecule has 1 atom stereocenters. The van der Waals surface area contributed by atoms with E-state index in [4.69, 9.17) is 4.42 Å². The highest BCUT2D eigenvalue weighted by molar-refractivity contribution is 5.43. The van der Waals surface area contributed by atoms with Gasteiger partial charge in [-0.1, -0.05) is 19.3 Å². The summed E-state index contributed by atoms with van der Waals surface area (Å²) in [4.78, 5) is 11.2. The van der Waals surface area contributed by atoms with Crippen LogP contribution in [0, 0.1) is 12.8 Å². The van der Waals surface area contributed by atoms with Gasteiger partial charge in [0.25, 0.3) is 5.89 Å². The Morgan fingerprint density at radius 2 is 1.92 bits per heavy atom. The molecule has 6 heteroatoms. The molecular weight excluding hydrogens is 314 g/mol. The van der Waals surface area contributed by atoms with Crippen LogP contribution < -0.4 is 0 Å². The van der Waals surface area contributed by atoms with E-state index in [-0.39, 0.29) is 0 Å². The van der Waals surface area contributed by atoms with Gasteiger partial charge in [0.15, 0.2) is 0 Å². The summed E-state index contributed by atoms with van der Waals surface area (Å²) >= 11 is 0. The first kappa shape index (κ1) is 16.6. The average Bonchev–Trinajstić information content (AvgIpc) is 3.14. The highest BCUT2D eigenvalue weighted by Crippen LogP contribution is 2.30. The molecule has 0 N–H and O–H groups in total. The van der Waals surface area contributed by atoms with Crippen LogP contribution in [-0.2, 0) is 0 Å². The first-order valence-electron chi connectivity index (χ1n) is 9.63. The van der Waals surface area contributed by atoms with Crippen LogP contribution in [0.5, 0.6) is 0 Å². The summed E-state index contributed by atoms with van der Waals surface area (Å²) in [7, 11) is 0. The maximum absolute atomic E-state index is 5.94. The molecule has 2 aliphatic rings. The van der Waals surface area contributed by atoms with Crippen LogP contribution in [0.4, 0.5) is 0 Å². The summed E-state index contributed by atoms with van der Waals surface area (Å²) in [5, 5.41) is 8.50. The molecule has 134 valence electrons. The molecule has 0 radical (unpaired) electrons. The van der Waals surface area contributed by atoms with Crippen LogP contribution in [0.3, 0.4) is 0 Å². The van der Waals surface area contributed by atoms with Crippen LogP contribution in [0.25, 0.3) is 11.6 Å². The molecule has 1 saturated heterocycles. The number of aromatic nitrogens is 4. The number of piperidine rings is 1. The lowest BCUT2D eigenvalue weighted by molar-refractivity contribution is 0.152. The highest BCUT2D eigenvalue weighted by Gasteiger charge is 2.28. The molecule has 0 aromatic carbocycles. The third-order valence-corrected chi connectivity index (χ3v) is 5.54. The van der Waals surface area contributed by atoms with Crippen molar-refractivity contribution in [2.45, 2.75) is 57.8 Å². The zero-order chi connectivity index (χ0) is 17.1. The van der Waals surface area contributed by atoms with Gasteiger partial charge in [-0.3, -0.25) is 4.98 Å². The summed E-state index contributed by atoms with van der Waals surface area (Å²) < 4.78 is 5.94. The lowest BCUT2D eigenvalue weighted by atomic mass is 9.88. The summed E-state index contributed by atoms with van der Waals surface area (Å²) in [6.45, 7) is 5.40. The average molecular weight is 341 g/mol. The quantitative estimate of drug-likeness (QED) is 0.846. The highest BCUT2D eigenvalue weighted by atomic mass is 16.4. The molecule has 3 heterocycles. The fraction of sp³-hybridized carbons (Fsp3) is 0.684. The Morgan fingerprint density at radius 1 is 1.04 bits per heavy atom. The predicted molar refractivity (Wildman–Crippen MR) is 95.1 cm³/mol. The minimum absolute atomic E-state index is 0.344. The lowest BCUT2D eigenvalue weighted by Crippen LogP contribution is -2.38. The van der Waals surface area contributed by atoms with Gasteiger partial charge >= 0.3 is 0 Å². The SMILES string of the molecule is Cc1cnc(-c2nnc(C3CCCN(CC4CCCCC4)C3)o2)cn1. The maximum atomic E-state index is 5.94. The Kier molecular flexibility index (Phi) is 5.06. The molecule has 4 rings (SSSR count). The predicted octanol–water partition coefficient (Wildman–Crippen LogP) is 3.59. The second-order valence-corrected chi connectivity index (χ2v) is 7.59. The van der Waals surface area contributed by atoms with Crippen molar-refractivity contribution in [2.24, 2.45) is 5.92 Å². The fourth-order valence-electron chi connectivity index (χ4n) is 4.16. The van der Waals surface area contributed by atoms with E-state index in [2.05, 4.69) is 25.1 Å². The van der Waals surface area contributed by atoms with Gasteiger partial charge in [0.05, 0.1) is 17.8 Å². The van der Waals surface area contributed by atoms with Crippen LogP contribution >= 0.6 is 0 Å². The van der Waals surface area contributed by atoms with E-state index in [1.54, 1.807) is 12.4 Å². The van der Waals surface area contributed by atoms with E-state index in [0.29, 0.717) is 17.5 Å². The standard InChI is InChI=1S/C19H27N5O/c1-14-10-21-17(11-20-14)19-23-22-18(25-19)16-8-5-9-24(13-16)12-15-6-3-2-4-7-15/h10-11,15-16H,2-9,12-13H2,1H3. The molecule has 1 aliphatic heterocycles. The second kappa shape index (κ2) is 7.60. The molecule has 0 spiro atoms. The minimum Gasteiger partial charge on any atom is -0.419 e. The van der Waals surface area contributed by atoms with Crippen molar-refractivity contribution in [3.63, 3.8) is 0 Å². The Morgan fingerprint density at radius 3 is 2.72 bits per heavy atom. The van der Waals surface area contributed by atoms with Crippen LogP contribution in [0.15, 0.2) is 16.8 Å². The van der Waals surface area contributed by atoms with Gasteiger partial charge in [-0.05, 0) is 45.1 Å².